The zero-order valence-corrected chi connectivity index (χ0v) is 17.0. The molecule has 2 saturated heterocycles. The van der Waals surface area contributed by atoms with E-state index in [1.54, 1.807) is 10.4 Å². The Labute approximate surface area is 163 Å². The maximum atomic E-state index is 13.5. The van der Waals surface area contributed by atoms with Gasteiger partial charge in [0.2, 0.25) is 10.0 Å². The minimum absolute atomic E-state index is 0.133. The Morgan fingerprint density at radius 2 is 1.70 bits per heavy atom. The second-order valence-electron chi connectivity index (χ2n) is 8.20. The van der Waals surface area contributed by atoms with Crippen molar-refractivity contribution in [1.82, 2.24) is 9.21 Å². The summed E-state index contributed by atoms with van der Waals surface area (Å²) in [5, 5.41) is 1.81. The number of nitrogens with zero attached hydrogens (tertiary/aromatic N) is 2. The number of sulfonamides is 1. The normalized spacial score (nSPS) is 23.2. The molecular formula is C22H30N2O2S. The van der Waals surface area contributed by atoms with Crippen molar-refractivity contribution < 1.29 is 8.42 Å². The molecule has 0 aliphatic carbocycles. The number of likely N-dealkylation sites (tertiary alicyclic amines) is 1. The highest BCUT2D eigenvalue weighted by Gasteiger charge is 2.36. The molecule has 1 atom stereocenters. The molecule has 4 rings (SSSR count). The van der Waals surface area contributed by atoms with Gasteiger partial charge in [0.25, 0.3) is 0 Å². The molecule has 2 aliphatic rings. The van der Waals surface area contributed by atoms with E-state index in [9.17, 15) is 8.42 Å². The van der Waals surface area contributed by atoms with Crippen molar-refractivity contribution in [1.29, 1.82) is 0 Å². The molecule has 2 fully saturated rings. The van der Waals surface area contributed by atoms with Crippen molar-refractivity contribution in [2.75, 3.05) is 26.2 Å². The third-order valence-electron chi connectivity index (χ3n) is 6.31. The maximum absolute atomic E-state index is 13.5. The molecule has 2 aromatic rings. The smallest absolute Gasteiger partial charge is 0.243 e. The van der Waals surface area contributed by atoms with Gasteiger partial charge in [-0.1, -0.05) is 43.3 Å². The lowest BCUT2D eigenvalue weighted by atomic mass is 9.99. The molecule has 2 aliphatic heterocycles. The van der Waals surface area contributed by atoms with Gasteiger partial charge < -0.3 is 4.90 Å². The van der Waals surface area contributed by atoms with Gasteiger partial charge in [-0.25, -0.2) is 8.42 Å². The van der Waals surface area contributed by atoms with Gasteiger partial charge in [-0.2, -0.15) is 4.31 Å². The maximum Gasteiger partial charge on any atom is 0.243 e. The molecule has 0 amide bonds. The van der Waals surface area contributed by atoms with Gasteiger partial charge >= 0.3 is 0 Å². The first-order valence-electron chi connectivity index (χ1n) is 10.3. The number of fused-ring (bicyclic) bond motifs is 1. The van der Waals surface area contributed by atoms with Crippen molar-refractivity contribution in [3.8, 4) is 0 Å². The van der Waals surface area contributed by atoms with Crippen LogP contribution in [0.4, 0.5) is 0 Å². The summed E-state index contributed by atoms with van der Waals surface area (Å²) in [6, 6.07) is 13.5. The summed E-state index contributed by atoms with van der Waals surface area (Å²) >= 11 is 0. The van der Waals surface area contributed by atoms with Crippen LogP contribution in [0.1, 0.15) is 39.0 Å². The van der Waals surface area contributed by atoms with Gasteiger partial charge in [0.1, 0.15) is 0 Å². The van der Waals surface area contributed by atoms with Crippen LogP contribution in [0.5, 0.6) is 0 Å². The van der Waals surface area contributed by atoms with E-state index in [-0.39, 0.29) is 6.04 Å². The Bertz CT molecular complexity index is 883. The van der Waals surface area contributed by atoms with Gasteiger partial charge in [-0.15, -0.1) is 0 Å². The molecule has 0 N–H and O–H groups in total. The van der Waals surface area contributed by atoms with Gasteiger partial charge in [0, 0.05) is 18.0 Å². The number of hydrogen-bond donors (Lipinski definition) is 0. The molecule has 2 aromatic carbocycles. The summed E-state index contributed by atoms with van der Waals surface area (Å²) in [6.07, 6.45) is 5.42. The molecule has 2 heterocycles. The van der Waals surface area contributed by atoms with Crippen LogP contribution in [0, 0.1) is 5.92 Å². The van der Waals surface area contributed by atoms with E-state index >= 15 is 0 Å². The third-order valence-corrected chi connectivity index (χ3v) is 8.32. The van der Waals surface area contributed by atoms with Crippen molar-refractivity contribution in [3.63, 3.8) is 0 Å². The highest BCUT2D eigenvalue weighted by Crippen LogP contribution is 2.32. The zero-order chi connectivity index (χ0) is 18.9. The van der Waals surface area contributed by atoms with E-state index in [1.165, 1.54) is 12.8 Å². The summed E-state index contributed by atoms with van der Waals surface area (Å²) in [7, 11) is -3.46. The fourth-order valence-electron chi connectivity index (χ4n) is 4.58. The first kappa shape index (κ1) is 18.9. The minimum Gasteiger partial charge on any atom is -0.303 e. The van der Waals surface area contributed by atoms with Crippen molar-refractivity contribution in [2.45, 2.75) is 50.0 Å². The Hall–Kier alpha value is -1.43. The predicted octanol–water partition coefficient (Wildman–Crippen LogP) is 4.11. The van der Waals surface area contributed by atoms with Crippen LogP contribution in [0.2, 0.25) is 0 Å². The van der Waals surface area contributed by atoms with Gasteiger partial charge in [-0.05, 0) is 69.1 Å². The second kappa shape index (κ2) is 7.90. The van der Waals surface area contributed by atoms with Crippen LogP contribution in [0.3, 0.4) is 0 Å². The molecular weight excluding hydrogens is 356 g/mol. The average Bonchev–Trinajstić information content (AvgIpc) is 3.17. The van der Waals surface area contributed by atoms with E-state index in [2.05, 4.69) is 11.8 Å². The van der Waals surface area contributed by atoms with Crippen LogP contribution in [0.25, 0.3) is 10.8 Å². The highest BCUT2D eigenvalue weighted by molar-refractivity contribution is 7.89. The Morgan fingerprint density at radius 1 is 0.963 bits per heavy atom. The first-order valence-corrected chi connectivity index (χ1v) is 11.7. The number of rotatable bonds is 5. The molecule has 0 saturated carbocycles. The molecule has 4 nitrogen and oxygen atoms in total. The summed E-state index contributed by atoms with van der Waals surface area (Å²) in [6.45, 7) is 6.30. The molecule has 0 unspecified atom stereocenters. The average molecular weight is 387 g/mol. The van der Waals surface area contributed by atoms with E-state index < -0.39 is 10.0 Å². The predicted molar refractivity (Wildman–Crippen MR) is 110 cm³/mol. The van der Waals surface area contributed by atoms with Crippen LogP contribution >= 0.6 is 0 Å². The van der Waals surface area contributed by atoms with Crippen LogP contribution in [0.15, 0.2) is 47.4 Å². The lowest BCUT2D eigenvalue weighted by molar-refractivity contribution is 0.179. The minimum atomic E-state index is -3.46. The van der Waals surface area contributed by atoms with E-state index in [1.807, 2.05) is 36.4 Å². The lowest BCUT2D eigenvalue weighted by Gasteiger charge is -2.32. The van der Waals surface area contributed by atoms with E-state index in [0.717, 1.165) is 55.6 Å². The summed E-state index contributed by atoms with van der Waals surface area (Å²) in [4.78, 5) is 2.97. The summed E-state index contributed by atoms with van der Waals surface area (Å²) < 4.78 is 28.7. The fraction of sp³-hybridized carbons (Fsp3) is 0.545. The van der Waals surface area contributed by atoms with E-state index in [4.69, 9.17) is 0 Å². The summed E-state index contributed by atoms with van der Waals surface area (Å²) in [5.74, 6) is 0.830. The van der Waals surface area contributed by atoms with Crippen molar-refractivity contribution in [3.05, 3.63) is 42.5 Å². The lowest BCUT2D eigenvalue weighted by Crippen LogP contribution is -2.40. The largest absolute Gasteiger partial charge is 0.303 e. The number of benzene rings is 2. The van der Waals surface area contributed by atoms with Crippen LogP contribution < -0.4 is 0 Å². The molecule has 146 valence electrons. The van der Waals surface area contributed by atoms with Crippen molar-refractivity contribution in [2.24, 2.45) is 5.92 Å². The zero-order valence-electron chi connectivity index (χ0n) is 16.2. The monoisotopic (exact) mass is 386 g/mol. The molecule has 0 spiro atoms. The fourth-order valence-corrected chi connectivity index (χ4v) is 6.52. The standard InChI is InChI=1S/C22H30N2O2S/c1-18-11-15-23(16-12-18)17-13-20-8-5-14-24(20)27(25,26)22-10-4-7-19-6-2-3-9-21(19)22/h2-4,6-7,9-10,18,20H,5,8,11-17H2,1H3/t20-/m0/s1. The third kappa shape index (κ3) is 3.91. The van der Waals surface area contributed by atoms with Crippen LogP contribution in [-0.4, -0.2) is 49.8 Å². The molecule has 0 radical (unpaired) electrons. The SMILES string of the molecule is CC1CCN(CC[C@@H]2CCCN2S(=O)(=O)c2cccc3ccccc23)CC1. The van der Waals surface area contributed by atoms with Crippen LogP contribution in [-0.2, 0) is 10.0 Å². The van der Waals surface area contributed by atoms with Gasteiger partial charge in [0.15, 0.2) is 0 Å². The van der Waals surface area contributed by atoms with Gasteiger partial charge in [-0.3, -0.25) is 0 Å². The molecule has 27 heavy (non-hydrogen) atoms. The Balaban J connectivity index is 1.52. The quantitative estimate of drug-likeness (QED) is 0.776. The van der Waals surface area contributed by atoms with Gasteiger partial charge in [0.05, 0.1) is 4.90 Å². The number of piperidine rings is 1. The Morgan fingerprint density at radius 3 is 2.52 bits per heavy atom. The topological polar surface area (TPSA) is 40.6 Å². The molecule has 0 bridgehead atoms. The number of hydrogen-bond acceptors (Lipinski definition) is 3. The molecule has 0 aromatic heterocycles. The van der Waals surface area contributed by atoms with Crippen molar-refractivity contribution >= 4 is 20.8 Å². The Kier molecular flexibility index (Phi) is 5.53. The summed E-state index contributed by atoms with van der Waals surface area (Å²) in [5.41, 5.74) is 0. The first-order chi connectivity index (χ1) is 13.1. The van der Waals surface area contributed by atoms with E-state index in [0.29, 0.717) is 11.4 Å². The molecule has 5 heteroatoms. The second-order valence-corrected chi connectivity index (χ2v) is 10.1. The highest BCUT2D eigenvalue weighted by atomic mass is 32.2.